The number of hydrogen-bond donors (Lipinski definition) is 3. The van der Waals surface area contributed by atoms with Gasteiger partial charge in [-0.05, 0) is 81.5 Å². The second-order valence-corrected chi connectivity index (χ2v) is 14.7. The molecule has 0 aliphatic carbocycles. The topological polar surface area (TPSA) is 172 Å². The Labute approximate surface area is 312 Å². The Bertz CT molecular complexity index is 2360. The van der Waals surface area contributed by atoms with Crippen LogP contribution < -0.4 is 16.4 Å². The maximum Gasteiger partial charge on any atom is 0.332 e. The molecule has 1 aliphatic rings. The fourth-order valence-corrected chi connectivity index (χ4v) is 7.37. The van der Waals surface area contributed by atoms with Crippen LogP contribution in [0.5, 0.6) is 0 Å². The predicted octanol–water partition coefficient (Wildman–Crippen LogP) is 5.39. The third kappa shape index (κ3) is 8.29. The van der Waals surface area contributed by atoms with Gasteiger partial charge in [0.25, 0.3) is 17.7 Å². The molecule has 0 saturated carbocycles. The van der Waals surface area contributed by atoms with E-state index in [1.807, 2.05) is 72.5 Å². The summed E-state index contributed by atoms with van der Waals surface area (Å²) in [6.07, 6.45) is 8.40. The molecule has 0 saturated heterocycles. The monoisotopic (exact) mass is 755 g/mol. The van der Waals surface area contributed by atoms with E-state index in [2.05, 4.69) is 15.2 Å². The molecule has 4 N–H and O–H groups in total. The molecular formula is C40H42FN5O7S. The lowest BCUT2D eigenvalue weighted by Gasteiger charge is -2.18. The van der Waals surface area contributed by atoms with Gasteiger partial charge in [-0.2, -0.15) is 8.42 Å². The zero-order valence-electron chi connectivity index (χ0n) is 29.8. The van der Waals surface area contributed by atoms with Gasteiger partial charge in [0.1, 0.15) is 6.04 Å². The average Bonchev–Trinajstić information content (AvgIpc) is 3.79. The number of nitrogens with two attached hydrogens (primary N) is 1. The third-order valence-corrected chi connectivity index (χ3v) is 10.5. The zero-order valence-corrected chi connectivity index (χ0v) is 30.7. The molecule has 1 unspecified atom stereocenters. The molecule has 54 heavy (non-hydrogen) atoms. The van der Waals surface area contributed by atoms with Gasteiger partial charge in [-0.15, -0.1) is 3.89 Å². The summed E-state index contributed by atoms with van der Waals surface area (Å²) in [5.74, 6) is -2.04. The lowest BCUT2D eigenvalue weighted by atomic mass is 9.95. The molecule has 5 aromatic rings. The minimum atomic E-state index is -4.91. The number of ether oxygens (including phenoxy) is 1. The SMILES string of the molecule is Cn1cc(C2=C(c3cn(CCCCCCOC(=O)C(CCCCN)NC(=O)c4ccc(S(=O)(=O)F)cc4)c4ccccc34)C(=O)NC2=O)c2ccccc21. The fraction of sp³-hybridized carbons (Fsp3) is 0.300. The first-order chi connectivity index (χ1) is 26.0. The standard InChI is InChI=1S/C40H42FN5O7S/c1-45-24-30(28-12-4-6-15-33(28)45)35-36(39(49)44-38(35)48)31-25-46(34-16-7-5-13-29(31)34)22-10-2-3-11-23-53-40(50)32(14-8-9-21-42)43-37(47)26-17-19-27(20-18-26)54(41,51)52/h4-7,12-13,15-20,24-25,32H,2-3,8-11,14,21-23,42H2,1H3,(H,43,47)(H,44,48,49). The number of para-hydroxylation sites is 2. The smallest absolute Gasteiger partial charge is 0.332 e. The number of benzene rings is 3. The van der Waals surface area contributed by atoms with E-state index in [4.69, 9.17) is 10.5 Å². The molecular weight excluding hydrogens is 714 g/mol. The molecule has 2 aromatic heterocycles. The molecule has 14 heteroatoms. The molecule has 3 amide bonds. The number of nitrogens with zero attached hydrogens (tertiary/aromatic N) is 2. The summed E-state index contributed by atoms with van der Waals surface area (Å²) in [5.41, 5.74) is 9.70. The van der Waals surface area contributed by atoms with Gasteiger partial charge in [-0.1, -0.05) is 42.8 Å². The van der Waals surface area contributed by atoms with Gasteiger partial charge in [-0.3, -0.25) is 19.7 Å². The molecule has 3 heterocycles. The van der Waals surface area contributed by atoms with E-state index in [0.717, 1.165) is 53.2 Å². The Kier molecular flexibility index (Phi) is 11.7. The average molecular weight is 756 g/mol. The highest BCUT2D eigenvalue weighted by Gasteiger charge is 2.35. The maximum absolute atomic E-state index is 13.3. The number of aryl methyl sites for hydroxylation is 2. The van der Waals surface area contributed by atoms with Gasteiger partial charge < -0.3 is 24.9 Å². The minimum absolute atomic E-state index is 0.0728. The minimum Gasteiger partial charge on any atom is -0.464 e. The van der Waals surface area contributed by atoms with Crippen molar-refractivity contribution < 1.29 is 36.2 Å². The van der Waals surface area contributed by atoms with Crippen LogP contribution in [0.15, 0.2) is 90.1 Å². The summed E-state index contributed by atoms with van der Waals surface area (Å²) in [6, 6.07) is 19.0. The number of carbonyl (C=O) groups is 4. The second-order valence-electron chi connectivity index (χ2n) is 13.3. The van der Waals surface area contributed by atoms with Crippen molar-refractivity contribution in [3.8, 4) is 0 Å². The number of carbonyl (C=O) groups excluding carboxylic acids is 4. The fourth-order valence-electron chi connectivity index (χ4n) is 6.90. The van der Waals surface area contributed by atoms with Crippen molar-refractivity contribution in [1.29, 1.82) is 0 Å². The number of aromatic nitrogens is 2. The Morgan fingerprint density at radius 2 is 1.43 bits per heavy atom. The maximum atomic E-state index is 13.3. The number of imide groups is 1. The predicted molar refractivity (Wildman–Crippen MR) is 203 cm³/mol. The van der Waals surface area contributed by atoms with E-state index in [0.29, 0.717) is 61.0 Å². The van der Waals surface area contributed by atoms with Crippen LogP contribution in [-0.2, 0) is 42.9 Å². The quantitative estimate of drug-likeness (QED) is 0.0491. The summed E-state index contributed by atoms with van der Waals surface area (Å²) < 4.78 is 45.0. The molecule has 0 fully saturated rings. The van der Waals surface area contributed by atoms with Crippen LogP contribution in [0, 0.1) is 0 Å². The number of halogens is 1. The summed E-state index contributed by atoms with van der Waals surface area (Å²) in [6.45, 7) is 1.25. The van der Waals surface area contributed by atoms with Gasteiger partial charge in [0.05, 0.1) is 22.6 Å². The van der Waals surface area contributed by atoms with Crippen LogP contribution in [0.25, 0.3) is 33.0 Å². The molecule has 0 bridgehead atoms. The van der Waals surface area contributed by atoms with Crippen molar-refractivity contribution in [3.05, 3.63) is 102 Å². The normalized spacial score (nSPS) is 13.8. The first kappa shape index (κ1) is 38.1. The van der Waals surface area contributed by atoms with Crippen molar-refractivity contribution in [2.75, 3.05) is 13.2 Å². The van der Waals surface area contributed by atoms with Gasteiger partial charge >= 0.3 is 16.2 Å². The zero-order chi connectivity index (χ0) is 38.4. The number of amides is 3. The summed E-state index contributed by atoms with van der Waals surface area (Å²) in [5, 5.41) is 6.93. The van der Waals surface area contributed by atoms with Crippen molar-refractivity contribution >= 4 is 66.9 Å². The van der Waals surface area contributed by atoms with E-state index < -0.39 is 44.9 Å². The Morgan fingerprint density at radius 1 is 0.815 bits per heavy atom. The van der Waals surface area contributed by atoms with Gasteiger partial charge in [-0.25, -0.2) is 4.79 Å². The Morgan fingerprint density at radius 3 is 2.09 bits per heavy atom. The number of rotatable bonds is 17. The number of unbranched alkanes of at least 4 members (excludes halogenated alkanes) is 4. The van der Waals surface area contributed by atoms with Gasteiger partial charge in [0.2, 0.25) is 0 Å². The summed E-state index contributed by atoms with van der Waals surface area (Å²) in [7, 11) is -2.99. The summed E-state index contributed by atoms with van der Waals surface area (Å²) >= 11 is 0. The first-order valence-electron chi connectivity index (χ1n) is 17.9. The van der Waals surface area contributed by atoms with E-state index in [1.54, 1.807) is 0 Å². The van der Waals surface area contributed by atoms with Crippen LogP contribution in [-0.4, -0.2) is 60.4 Å². The van der Waals surface area contributed by atoms with Crippen molar-refractivity contribution in [1.82, 2.24) is 19.8 Å². The number of esters is 1. The lowest BCUT2D eigenvalue weighted by molar-refractivity contribution is -0.146. The molecule has 1 aliphatic heterocycles. The number of hydrogen-bond acceptors (Lipinski definition) is 8. The Hall–Kier alpha value is -5.60. The van der Waals surface area contributed by atoms with E-state index >= 15 is 0 Å². The van der Waals surface area contributed by atoms with Crippen molar-refractivity contribution in [3.63, 3.8) is 0 Å². The molecule has 3 aromatic carbocycles. The van der Waals surface area contributed by atoms with Crippen LogP contribution in [0.1, 0.15) is 66.4 Å². The van der Waals surface area contributed by atoms with E-state index in [1.165, 1.54) is 12.1 Å². The number of fused-ring (bicyclic) bond motifs is 2. The molecule has 12 nitrogen and oxygen atoms in total. The summed E-state index contributed by atoms with van der Waals surface area (Å²) in [4.78, 5) is 51.8. The van der Waals surface area contributed by atoms with Gasteiger partial charge in [0.15, 0.2) is 0 Å². The molecule has 6 rings (SSSR count). The second kappa shape index (κ2) is 16.6. The largest absolute Gasteiger partial charge is 0.464 e. The van der Waals surface area contributed by atoms with Crippen LogP contribution in [0.2, 0.25) is 0 Å². The highest BCUT2D eigenvalue weighted by molar-refractivity contribution is 7.86. The van der Waals surface area contributed by atoms with E-state index in [-0.39, 0.29) is 12.2 Å². The highest BCUT2D eigenvalue weighted by Crippen LogP contribution is 2.39. The molecule has 282 valence electrons. The third-order valence-electron chi connectivity index (χ3n) is 9.63. The van der Waals surface area contributed by atoms with Gasteiger partial charge in [0, 0.05) is 64.5 Å². The van der Waals surface area contributed by atoms with Crippen LogP contribution >= 0.6 is 0 Å². The van der Waals surface area contributed by atoms with Crippen LogP contribution in [0.3, 0.4) is 0 Å². The van der Waals surface area contributed by atoms with Crippen molar-refractivity contribution in [2.24, 2.45) is 12.8 Å². The van der Waals surface area contributed by atoms with Crippen LogP contribution in [0.4, 0.5) is 3.89 Å². The first-order valence-corrected chi connectivity index (χ1v) is 19.3. The molecule has 0 spiro atoms. The Balaban J connectivity index is 1.06. The molecule has 0 radical (unpaired) electrons. The highest BCUT2D eigenvalue weighted by atomic mass is 32.3. The van der Waals surface area contributed by atoms with Crippen molar-refractivity contribution in [2.45, 2.75) is 62.4 Å². The van der Waals surface area contributed by atoms with E-state index in [9.17, 15) is 31.5 Å². The molecule has 1 atom stereocenters. The lowest BCUT2D eigenvalue weighted by Crippen LogP contribution is -2.42. The number of nitrogens with one attached hydrogen (secondary N) is 2.